The minimum atomic E-state index is 0.420. The van der Waals surface area contributed by atoms with E-state index in [1.165, 1.54) is 122 Å². The van der Waals surface area contributed by atoms with E-state index in [4.69, 9.17) is 0 Å². The van der Waals surface area contributed by atoms with E-state index in [0.717, 1.165) is 25.9 Å². The molecule has 0 rings (SSSR count). The van der Waals surface area contributed by atoms with Gasteiger partial charge in [0, 0.05) is 19.5 Å². The van der Waals surface area contributed by atoms with Crippen LogP contribution in [0.3, 0.4) is 0 Å². The minimum absolute atomic E-state index is 0.420. The molecule has 0 aromatic heterocycles. The standard InChI is InChI=1S/C30H61NO/c1-6-8-10-12-14-16-18-23-27-31(28-24-19-17-15-13-11-9-7-2)29(32)25-21-20-22-26-30(3,4)5/h6-28H2,1-5H3. The summed E-state index contributed by atoms with van der Waals surface area (Å²) >= 11 is 0. The van der Waals surface area contributed by atoms with Crippen LogP contribution in [0.2, 0.25) is 0 Å². The zero-order chi connectivity index (χ0) is 23.9. The average molecular weight is 452 g/mol. The van der Waals surface area contributed by atoms with Crippen molar-refractivity contribution in [2.75, 3.05) is 13.1 Å². The van der Waals surface area contributed by atoms with E-state index in [0.29, 0.717) is 11.3 Å². The Labute approximate surface area is 203 Å². The fourth-order valence-corrected chi connectivity index (χ4v) is 4.50. The maximum absolute atomic E-state index is 12.9. The minimum Gasteiger partial charge on any atom is -0.343 e. The van der Waals surface area contributed by atoms with E-state index < -0.39 is 0 Å². The van der Waals surface area contributed by atoms with Gasteiger partial charge in [-0.1, -0.05) is 137 Å². The number of amides is 1. The molecule has 0 radical (unpaired) electrons. The summed E-state index contributed by atoms with van der Waals surface area (Å²) in [5.74, 6) is 0.423. The Balaban J connectivity index is 4.12. The van der Waals surface area contributed by atoms with Gasteiger partial charge in [0.25, 0.3) is 0 Å². The molecule has 0 aliphatic heterocycles. The van der Waals surface area contributed by atoms with Crippen molar-refractivity contribution in [3.63, 3.8) is 0 Å². The van der Waals surface area contributed by atoms with Gasteiger partial charge in [0.1, 0.15) is 0 Å². The van der Waals surface area contributed by atoms with Gasteiger partial charge in [-0.2, -0.15) is 0 Å². The molecule has 1 amide bonds. The van der Waals surface area contributed by atoms with E-state index in [2.05, 4.69) is 39.5 Å². The first kappa shape index (κ1) is 31.5. The van der Waals surface area contributed by atoms with Crippen LogP contribution < -0.4 is 0 Å². The van der Waals surface area contributed by atoms with Crippen molar-refractivity contribution in [1.82, 2.24) is 4.90 Å². The molecular formula is C30H61NO. The molecule has 0 spiro atoms. The number of carbonyl (C=O) groups is 1. The Kier molecular flexibility index (Phi) is 21.9. The predicted molar refractivity (Wildman–Crippen MR) is 144 cm³/mol. The van der Waals surface area contributed by atoms with Crippen LogP contribution in [0.1, 0.15) is 169 Å². The summed E-state index contributed by atoms with van der Waals surface area (Å²) in [7, 11) is 0. The number of rotatable bonds is 23. The molecule has 32 heavy (non-hydrogen) atoms. The van der Waals surface area contributed by atoms with E-state index in [9.17, 15) is 4.79 Å². The van der Waals surface area contributed by atoms with Gasteiger partial charge >= 0.3 is 0 Å². The van der Waals surface area contributed by atoms with Crippen molar-refractivity contribution in [3.05, 3.63) is 0 Å². The van der Waals surface area contributed by atoms with Crippen molar-refractivity contribution < 1.29 is 4.79 Å². The second-order valence-corrected chi connectivity index (χ2v) is 11.5. The lowest BCUT2D eigenvalue weighted by atomic mass is 9.89. The van der Waals surface area contributed by atoms with Crippen LogP contribution in [0.4, 0.5) is 0 Å². The van der Waals surface area contributed by atoms with E-state index in [1.807, 2.05) is 0 Å². The third-order valence-electron chi connectivity index (χ3n) is 6.73. The maximum Gasteiger partial charge on any atom is 0.222 e. The third kappa shape index (κ3) is 22.7. The van der Waals surface area contributed by atoms with Gasteiger partial charge in [0.05, 0.1) is 0 Å². The fourth-order valence-electron chi connectivity index (χ4n) is 4.50. The van der Waals surface area contributed by atoms with Gasteiger partial charge in [0.2, 0.25) is 5.91 Å². The summed E-state index contributed by atoms with van der Waals surface area (Å²) in [4.78, 5) is 15.1. The van der Waals surface area contributed by atoms with E-state index in [1.54, 1.807) is 0 Å². The molecule has 0 fully saturated rings. The highest BCUT2D eigenvalue weighted by Gasteiger charge is 2.13. The third-order valence-corrected chi connectivity index (χ3v) is 6.73. The molecule has 0 unspecified atom stereocenters. The largest absolute Gasteiger partial charge is 0.343 e. The smallest absolute Gasteiger partial charge is 0.222 e. The van der Waals surface area contributed by atoms with Crippen LogP contribution in [0, 0.1) is 5.41 Å². The van der Waals surface area contributed by atoms with Crippen LogP contribution in [-0.4, -0.2) is 23.9 Å². The van der Waals surface area contributed by atoms with Gasteiger partial charge in [-0.3, -0.25) is 4.79 Å². The average Bonchev–Trinajstić information content (AvgIpc) is 2.74. The lowest BCUT2D eigenvalue weighted by Gasteiger charge is -2.23. The van der Waals surface area contributed by atoms with Crippen molar-refractivity contribution in [2.45, 2.75) is 169 Å². The van der Waals surface area contributed by atoms with E-state index in [-0.39, 0.29) is 0 Å². The van der Waals surface area contributed by atoms with Crippen LogP contribution in [0.5, 0.6) is 0 Å². The molecule has 0 saturated heterocycles. The van der Waals surface area contributed by atoms with Crippen LogP contribution in [0.15, 0.2) is 0 Å². The highest BCUT2D eigenvalue weighted by atomic mass is 16.2. The maximum atomic E-state index is 12.9. The van der Waals surface area contributed by atoms with Gasteiger partial charge in [0.15, 0.2) is 0 Å². The van der Waals surface area contributed by atoms with Crippen LogP contribution in [-0.2, 0) is 4.79 Å². The molecule has 0 aliphatic carbocycles. The summed E-state index contributed by atoms with van der Waals surface area (Å²) in [6.45, 7) is 13.5. The number of hydrogen-bond donors (Lipinski definition) is 0. The molecule has 2 nitrogen and oxygen atoms in total. The molecule has 0 N–H and O–H groups in total. The van der Waals surface area contributed by atoms with Crippen molar-refractivity contribution in [3.8, 4) is 0 Å². The number of nitrogens with zero attached hydrogens (tertiary/aromatic N) is 1. The lowest BCUT2D eigenvalue weighted by molar-refractivity contribution is -0.131. The monoisotopic (exact) mass is 451 g/mol. The summed E-state index contributed by atoms with van der Waals surface area (Å²) < 4.78 is 0. The Morgan fingerprint density at radius 2 is 0.906 bits per heavy atom. The molecule has 0 saturated carbocycles. The highest BCUT2D eigenvalue weighted by Crippen LogP contribution is 2.22. The van der Waals surface area contributed by atoms with E-state index >= 15 is 0 Å². The fraction of sp³-hybridized carbons (Fsp3) is 0.967. The molecular weight excluding hydrogens is 390 g/mol. The Morgan fingerprint density at radius 1 is 0.531 bits per heavy atom. The van der Waals surface area contributed by atoms with Crippen molar-refractivity contribution >= 4 is 5.91 Å². The molecule has 0 aliphatic rings. The SMILES string of the molecule is CCCCCCCCCCN(CCCCCCCCCC)C(=O)CCCCCC(C)(C)C. The normalized spacial score (nSPS) is 11.8. The van der Waals surface area contributed by atoms with Gasteiger partial charge in [-0.15, -0.1) is 0 Å². The van der Waals surface area contributed by atoms with Gasteiger partial charge < -0.3 is 4.90 Å². The van der Waals surface area contributed by atoms with Crippen LogP contribution >= 0.6 is 0 Å². The zero-order valence-corrected chi connectivity index (χ0v) is 23.1. The molecule has 0 aromatic carbocycles. The topological polar surface area (TPSA) is 20.3 Å². The van der Waals surface area contributed by atoms with Gasteiger partial charge in [-0.25, -0.2) is 0 Å². The number of carbonyl (C=O) groups excluding carboxylic acids is 1. The van der Waals surface area contributed by atoms with Gasteiger partial charge in [-0.05, 0) is 31.1 Å². The summed E-state index contributed by atoms with van der Waals surface area (Å²) in [6, 6.07) is 0. The first-order valence-corrected chi connectivity index (χ1v) is 14.7. The molecule has 0 aromatic rings. The molecule has 192 valence electrons. The first-order valence-electron chi connectivity index (χ1n) is 14.7. The second-order valence-electron chi connectivity index (χ2n) is 11.5. The number of unbranched alkanes of at least 4 members (excludes halogenated alkanes) is 16. The van der Waals surface area contributed by atoms with Crippen LogP contribution in [0.25, 0.3) is 0 Å². The summed E-state index contributed by atoms with van der Waals surface area (Å²) in [6.07, 6.45) is 27.0. The Morgan fingerprint density at radius 3 is 1.31 bits per heavy atom. The molecule has 2 heteroatoms. The Hall–Kier alpha value is -0.530. The first-order chi connectivity index (χ1) is 15.4. The summed E-state index contributed by atoms with van der Waals surface area (Å²) in [5, 5.41) is 0. The lowest BCUT2D eigenvalue weighted by Crippen LogP contribution is -2.32. The molecule has 0 heterocycles. The second kappa shape index (κ2) is 22.3. The predicted octanol–water partition coefficient (Wildman–Crippen LogP) is 10.1. The number of hydrogen-bond acceptors (Lipinski definition) is 1. The summed E-state index contributed by atoms with van der Waals surface area (Å²) in [5.41, 5.74) is 0.420. The molecule has 0 bridgehead atoms. The highest BCUT2D eigenvalue weighted by molar-refractivity contribution is 5.76. The quantitative estimate of drug-likeness (QED) is 0.141. The van der Waals surface area contributed by atoms with Crippen molar-refractivity contribution in [1.29, 1.82) is 0 Å². The van der Waals surface area contributed by atoms with Crippen molar-refractivity contribution in [2.24, 2.45) is 5.41 Å². The Bertz CT molecular complexity index is 378. The molecule has 0 atom stereocenters. The zero-order valence-electron chi connectivity index (χ0n) is 23.1.